The highest BCUT2D eigenvalue weighted by molar-refractivity contribution is 5.94. The summed E-state index contributed by atoms with van der Waals surface area (Å²) in [5.74, 6) is 1.61. The lowest BCUT2D eigenvalue weighted by molar-refractivity contribution is 0.0905. The Hall–Kier alpha value is -2.86. The van der Waals surface area contributed by atoms with Crippen molar-refractivity contribution in [1.29, 1.82) is 0 Å². The molecule has 0 aromatic heterocycles. The average Bonchev–Trinajstić information content (AvgIpc) is 3.29. The molecule has 2 amide bonds. The van der Waals surface area contributed by atoms with E-state index >= 15 is 0 Å². The smallest absolute Gasteiger partial charge is 0.251 e. The highest BCUT2D eigenvalue weighted by Gasteiger charge is 2.24. The molecule has 2 aromatic rings. The van der Waals surface area contributed by atoms with Gasteiger partial charge in [0.15, 0.2) is 0 Å². The van der Waals surface area contributed by atoms with Gasteiger partial charge in [-0.2, -0.15) is 0 Å². The second-order valence-corrected chi connectivity index (χ2v) is 8.71. The molecular weight excluding hydrogens is 390 g/mol. The normalized spacial score (nSPS) is 18.1. The van der Waals surface area contributed by atoms with Crippen molar-refractivity contribution in [2.45, 2.75) is 44.6 Å². The number of carbonyl (C=O) groups excluding carboxylic acids is 2. The molecule has 1 saturated carbocycles. The van der Waals surface area contributed by atoms with Crippen LogP contribution >= 0.6 is 0 Å². The van der Waals surface area contributed by atoms with E-state index in [0.717, 1.165) is 31.8 Å². The standard InChI is InChI=1S/C25H31N3O3/c26-24(29)19-5-9-22(10-6-19)31-23-11-7-20(8-12-23)25(30)27-21-13-15-28(16-14-21)17-18-3-1-2-4-18/h5-12,18,21H,1-4,13-17H2,(H2,26,29)(H,27,30). The molecule has 0 radical (unpaired) electrons. The van der Waals surface area contributed by atoms with E-state index in [1.807, 2.05) is 0 Å². The number of nitrogens with zero attached hydrogens (tertiary/aromatic N) is 1. The zero-order valence-corrected chi connectivity index (χ0v) is 17.9. The average molecular weight is 422 g/mol. The first kappa shape index (κ1) is 21.4. The van der Waals surface area contributed by atoms with Crippen molar-refractivity contribution in [3.05, 3.63) is 59.7 Å². The minimum absolute atomic E-state index is 0.0356. The highest BCUT2D eigenvalue weighted by Crippen LogP contribution is 2.27. The molecule has 2 aliphatic rings. The van der Waals surface area contributed by atoms with Gasteiger partial charge < -0.3 is 20.7 Å². The van der Waals surface area contributed by atoms with Gasteiger partial charge in [-0.3, -0.25) is 9.59 Å². The van der Waals surface area contributed by atoms with E-state index in [0.29, 0.717) is 22.6 Å². The summed E-state index contributed by atoms with van der Waals surface area (Å²) < 4.78 is 5.77. The van der Waals surface area contributed by atoms with Gasteiger partial charge in [0.2, 0.25) is 5.91 Å². The largest absolute Gasteiger partial charge is 0.457 e. The third-order valence-corrected chi connectivity index (χ3v) is 6.40. The van der Waals surface area contributed by atoms with Crippen molar-refractivity contribution in [3.63, 3.8) is 0 Å². The molecule has 2 fully saturated rings. The summed E-state index contributed by atoms with van der Waals surface area (Å²) in [6.07, 6.45) is 7.58. The predicted octanol–water partition coefficient (Wildman–Crippen LogP) is 3.96. The second-order valence-electron chi connectivity index (χ2n) is 8.71. The molecule has 1 saturated heterocycles. The van der Waals surface area contributed by atoms with Crippen LogP contribution in [0.3, 0.4) is 0 Å². The van der Waals surface area contributed by atoms with E-state index in [2.05, 4.69) is 10.2 Å². The molecule has 0 atom stereocenters. The third-order valence-electron chi connectivity index (χ3n) is 6.40. The van der Waals surface area contributed by atoms with Crippen molar-refractivity contribution in [2.75, 3.05) is 19.6 Å². The molecule has 0 unspecified atom stereocenters. The Morgan fingerprint density at radius 3 is 1.97 bits per heavy atom. The number of rotatable bonds is 7. The molecule has 0 spiro atoms. The molecule has 2 aromatic carbocycles. The van der Waals surface area contributed by atoms with Gasteiger partial charge >= 0.3 is 0 Å². The summed E-state index contributed by atoms with van der Waals surface area (Å²) in [6, 6.07) is 14.0. The molecule has 0 bridgehead atoms. The fourth-order valence-electron chi connectivity index (χ4n) is 4.58. The SMILES string of the molecule is NC(=O)c1ccc(Oc2ccc(C(=O)NC3CCN(CC4CCCC4)CC3)cc2)cc1. The lowest BCUT2D eigenvalue weighted by atomic mass is 10.0. The summed E-state index contributed by atoms with van der Waals surface area (Å²) in [5, 5.41) is 3.19. The van der Waals surface area contributed by atoms with Gasteiger partial charge in [0.1, 0.15) is 11.5 Å². The van der Waals surface area contributed by atoms with Crippen LogP contribution in [-0.4, -0.2) is 42.4 Å². The molecule has 164 valence electrons. The van der Waals surface area contributed by atoms with Crippen LogP contribution in [0.1, 0.15) is 59.2 Å². The number of likely N-dealkylation sites (tertiary alicyclic amines) is 1. The van der Waals surface area contributed by atoms with Crippen molar-refractivity contribution in [1.82, 2.24) is 10.2 Å². The lowest BCUT2D eigenvalue weighted by Crippen LogP contribution is -2.45. The van der Waals surface area contributed by atoms with Crippen molar-refractivity contribution in [2.24, 2.45) is 11.7 Å². The summed E-state index contributed by atoms with van der Waals surface area (Å²) >= 11 is 0. The van der Waals surface area contributed by atoms with Crippen LogP contribution in [0.25, 0.3) is 0 Å². The lowest BCUT2D eigenvalue weighted by Gasteiger charge is -2.33. The van der Waals surface area contributed by atoms with Crippen LogP contribution in [0, 0.1) is 5.92 Å². The maximum Gasteiger partial charge on any atom is 0.251 e. The van der Waals surface area contributed by atoms with Crippen LogP contribution in [-0.2, 0) is 0 Å². The Kier molecular flexibility index (Phi) is 6.87. The Labute approximate surface area is 183 Å². The number of ether oxygens (including phenoxy) is 1. The first-order valence-corrected chi connectivity index (χ1v) is 11.3. The minimum atomic E-state index is -0.471. The summed E-state index contributed by atoms with van der Waals surface area (Å²) in [7, 11) is 0. The van der Waals surface area contributed by atoms with E-state index in [1.54, 1.807) is 48.5 Å². The fraction of sp³-hybridized carbons (Fsp3) is 0.440. The predicted molar refractivity (Wildman–Crippen MR) is 120 cm³/mol. The number of hydrogen-bond acceptors (Lipinski definition) is 4. The fourth-order valence-corrected chi connectivity index (χ4v) is 4.58. The maximum absolute atomic E-state index is 12.6. The van der Waals surface area contributed by atoms with Crippen molar-refractivity contribution >= 4 is 11.8 Å². The van der Waals surface area contributed by atoms with E-state index in [1.165, 1.54) is 32.2 Å². The molecule has 1 heterocycles. The summed E-state index contributed by atoms with van der Waals surface area (Å²) in [5.41, 5.74) is 6.31. The maximum atomic E-state index is 12.6. The Bertz CT molecular complexity index is 881. The Balaban J connectivity index is 1.24. The van der Waals surface area contributed by atoms with E-state index in [-0.39, 0.29) is 11.9 Å². The summed E-state index contributed by atoms with van der Waals surface area (Å²) in [6.45, 7) is 3.37. The van der Waals surface area contributed by atoms with Gasteiger partial charge in [-0.15, -0.1) is 0 Å². The second kappa shape index (κ2) is 9.96. The first-order valence-electron chi connectivity index (χ1n) is 11.3. The first-order chi connectivity index (χ1) is 15.1. The number of carbonyl (C=O) groups is 2. The highest BCUT2D eigenvalue weighted by atomic mass is 16.5. The molecule has 1 aliphatic heterocycles. The zero-order valence-electron chi connectivity index (χ0n) is 17.9. The van der Waals surface area contributed by atoms with Gasteiger partial charge in [-0.1, -0.05) is 12.8 Å². The molecular formula is C25H31N3O3. The Morgan fingerprint density at radius 1 is 0.871 bits per heavy atom. The number of primary amides is 1. The van der Waals surface area contributed by atoms with Gasteiger partial charge in [0.05, 0.1) is 0 Å². The zero-order chi connectivity index (χ0) is 21.6. The number of nitrogens with two attached hydrogens (primary N) is 1. The molecule has 31 heavy (non-hydrogen) atoms. The number of piperidine rings is 1. The van der Waals surface area contributed by atoms with Crippen LogP contribution in [0.4, 0.5) is 0 Å². The molecule has 3 N–H and O–H groups in total. The van der Waals surface area contributed by atoms with Crippen molar-refractivity contribution in [3.8, 4) is 11.5 Å². The van der Waals surface area contributed by atoms with Gasteiger partial charge in [-0.25, -0.2) is 0 Å². The number of nitrogens with one attached hydrogen (secondary N) is 1. The topological polar surface area (TPSA) is 84.7 Å². The van der Waals surface area contributed by atoms with E-state index < -0.39 is 5.91 Å². The number of benzene rings is 2. The van der Waals surface area contributed by atoms with Gasteiger partial charge in [-0.05, 0) is 80.1 Å². The van der Waals surface area contributed by atoms with Gasteiger partial charge in [0.25, 0.3) is 5.91 Å². The molecule has 6 heteroatoms. The van der Waals surface area contributed by atoms with Gasteiger partial charge in [0, 0.05) is 36.8 Å². The van der Waals surface area contributed by atoms with E-state index in [9.17, 15) is 9.59 Å². The van der Waals surface area contributed by atoms with E-state index in [4.69, 9.17) is 10.5 Å². The third kappa shape index (κ3) is 5.85. The van der Waals surface area contributed by atoms with Crippen LogP contribution in [0.5, 0.6) is 11.5 Å². The van der Waals surface area contributed by atoms with Crippen molar-refractivity contribution < 1.29 is 14.3 Å². The minimum Gasteiger partial charge on any atom is -0.457 e. The van der Waals surface area contributed by atoms with Crippen LogP contribution in [0.2, 0.25) is 0 Å². The molecule has 6 nitrogen and oxygen atoms in total. The number of amides is 2. The molecule has 4 rings (SSSR count). The quantitative estimate of drug-likeness (QED) is 0.709. The van der Waals surface area contributed by atoms with Crippen LogP contribution in [0.15, 0.2) is 48.5 Å². The summed E-state index contributed by atoms with van der Waals surface area (Å²) in [4.78, 5) is 26.3. The Morgan fingerprint density at radius 2 is 1.42 bits per heavy atom. The number of hydrogen-bond donors (Lipinski definition) is 2. The molecule has 1 aliphatic carbocycles. The van der Waals surface area contributed by atoms with Crippen LogP contribution < -0.4 is 15.8 Å². The monoisotopic (exact) mass is 421 g/mol.